The maximum absolute atomic E-state index is 13.5. The molecule has 0 saturated heterocycles. The van der Waals surface area contributed by atoms with Gasteiger partial charge in [0.1, 0.15) is 9.88 Å². The summed E-state index contributed by atoms with van der Waals surface area (Å²) in [7, 11) is 0. The van der Waals surface area contributed by atoms with Crippen LogP contribution < -0.4 is 0 Å². The molecule has 0 spiro atoms. The minimum atomic E-state index is -4.75. The molecule has 0 aliphatic heterocycles. The van der Waals surface area contributed by atoms with Gasteiger partial charge in [-0.05, 0) is 30.3 Å². The number of rotatable bonds is 4. The number of nitrogens with zero attached hydrogens (tertiary/aromatic N) is 1. The van der Waals surface area contributed by atoms with Crippen LogP contribution in [0.4, 0.5) is 13.2 Å². The van der Waals surface area contributed by atoms with Gasteiger partial charge in [0.25, 0.3) is 0 Å². The molecule has 0 saturated carbocycles. The van der Waals surface area contributed by atoms with Crippen LogP contribution in [-0.2, 0) is 6.18 Å². The van der Waals surface area contributed by atoms with Gasteiger partial charge < -0.3 is 9.67 Å². The van der Waals surface area contributed by atoms with Crippen LogP contribution in [-0.4, -0.2) is 21.4 Å². The Hall–Kier alpha value is -3.10. The third-order valence-corrected chi connectivity index (χ3v) is 5.93. The van der Waals surface area contributed by atoms with Crippen molar-refractivity contribution in [3.8, 4) is 5.00 Å². The summed E-state index contributed by atoms with van der Waals surface area (Å²) < 4.78 is 42.1. The number of hydrogen-bond acceptors (Lipinski definition) is 3. The zero-order valence-corrected chi connectivity index (χ0v) is 16.5. The lowest BCUT2D eigenvalue weighted by atomic mass is 9.97. The lowest BCUT2D eigenvalue weighted by Gasteiger charge is -2.13. The summed E-state index contributed by atoms with van der Waals surface area (Å²) in [5, 5.41) is 9.81. The standard InChI is InChI=1S/C21H11ClF3NO3S/c22-14-6-3-5-13(21(23,24)25)18(14)19(27)12-10-26(15-7-2-1-4-11(12)15)17-9-8-16(30-17)20(28)29/h1-10H,(H,28,29). The van der Waals surface area contributed by atoms with E-state index < -0.39 is 29.1 Å². The van der Waals surface area contributed by atoms with Gasteiger partial charge in [-0.15, -0.1) is 11.3 Å². The molecule has 2 aromatic carbocycles. The van der Waals surface area contributed by atoms with E-state index >= 15 is 0 Å². The number of fused-ring (bicyclic) bond motifs is 1. The van der Waals surface area contributed by atoms with E-state index in [1.54, 1.807) is 34.9 Å². The summed E-state index contributed by atoms with van der Waals surface area (Å²) in [4.78, 5) is 24.5. The Bertz CT molecular complexity index is 1310. The van der Waals surface area contributed by atoms with Crippen molar-refractivity contribution in [3.63, 3.8) is 0 Å². The van der Waals surface area contributed by atoms with Crippen LogP contribution in [0.5, 0.6) is 0 Å². The lowest BCUT2D eigenvalue weighted by molar-refractivity contribution is -0.137. The number of aromatic carboxylic acids is 1. The number of hydrogen-bond donors (Lipinski definition) is 1. The van der Waals surface area contributed by atoms with Crippen LogP contribution >= 0.6 is 22.9 Å². The van der Waals surface area contributed by atoms with Gasteiger partial charge in [-0.2, -0.15) is 13.2 Å². The molecule has 152 valence electrons. The molecule has 4 aromatic rings. The zero-order valence-electron chi connectivity index (χ0n) is 14.9. The van der Waals surface area contributed by atoms with Crippen LogP contribution in [0.15, 0.2) is 60.8 Å². The van der Waals surface area contributed by atoms with E-state index in [9.17, 15) is 22.8 Å². The van der Waals surface area contributed by atoms with E-state index in [0.29, 0.717) is 15.9 Å². The Morgan fingerprint density at radius 1 is 1.00 bits per heavy atom. The number of ketones is 1. The lowest BCUT2D eigenvalue weighted by Crippen LogP contribution is -2.14. The maximum atomic E-state index is 13.5. The Balaban J connectivity index is 1.93. The fraction of sp³-hybridized carbons (Fsp3) is 0.0476. The average molecular weight is 450 g/mol. The predicted molar refractivity (Wildman–Crippen MR) is 108 cm³/mol. The highest BCUT2D eigenvalue weighted by molar-refractivity contribution is 7.16. The number of carboxylic acids is 1. The molecular formula is C21H11ClF3NO3S. The van der Waals surface area contributed by atoms with Crippen molar-refractivity contribution in [1.82, 2.24) is 4.57 Å². The van der Waals surface area contributed by atoms with Crippen molar-refractivity contribution in [2.24, 2.45) is 0 Å². The van der Waals surface area contributed by atoms with Crippen LogP contribution in [0.3, 0.4) is 0 Å². The molecule has 4 nitrogen and oxygen atoms in total. The summed E-state index contributed by atoms with van der Waals surface area (Å²) in [6.07, 6.45) is -3.34. The molecule has 0 aliphatic carbocycles. The van der Waals surface area contributed by atoms with Crippen molar-refractivity contribution >= 4 is 45.6 Å². The summed E-state index contributed by atoms with van der Waals surface area (Å²) in [6.45, 7) is 0. The first-order valence-corrected chi connectivity index (χ1v) is 9.72. The zero-order chi connectivity index (χ0) is 21.6. The van der Waals surface area contributed by atoms with Gasteiger partial charge in [0.2, 0.25) is 0 Å². The Morgan fingerprint density at radius 2 is 1.73 bits per heavy atom. The highest BCUT2D eigenvalue weighted by Crippen LogP contribution is 2.38. The predicted octanol–water partition coefficient (Wildman–Crippen LogP) is 6.29. The molecule has 4 rings (SSSR count). The summed E-state index contributed by atoms with van der Waals surface area (Å²) in [5.74, 6) is -1.96. The molecule has 0 unspecified atom stereocenters. The molecule has 9 heteroatoms. The Labute approximate surface area is 176 Å². The van der Waals surface area contributed by atoms with Gasteiger partial charge in [-0.25, -0.2) is 4.79 Å². The van der Waals surface area contributed by atoms with E-state index in [4.69, 9.17) is 16.7 Å². The highest BCUT2D eigenvalue weighted by Gasteiger charge is 2.37. The largest absolute Gasteiger partial charge is 0.477 e. The van der Waals surface area contributed by atoms with Crippen LogP contribution in [0.25, 0.3) is 15.9 Å². The molecule has 0 radical (unpaired) electrons. The number of carboxylic acid groups (broad SMARTS) is 1. The number of para-hydroxylation sites is 1. The van der Waals surface area contributed by atoms with E-state index in [-0.39, 0.29) is 15.5 Å². The molecule has 0 amide bonds. The second kappa shape index (κ2) is 7.30. The quantitative estimate of drug-likeness (QED) is 0.372. The van der Waals surface area contributed by atoms with Crippen molar-refractivity contribution in [2.45, 2.75) is 6.18 Å². The van der Waals surface area contributed by atoms with Gasteiger partial charge in [0.05, 0.1) is 21.7 Å². The molecule has 0 fully saturated rings. The number of carbonyl (C=O) groups excluding carboxylic acids is 1. The minimum Gasteiger partial charge on any atom is -0.477 e. The fourth-order valence-corrected chi connectivity index (χ4v) is 4.34. The summed E-state index contributed by atoms with van der Waals surface area (Å²) in [6, 6.07) is 12.9. The van der Waals surface area contributed by atoms with E-state index in [2.05, 4.69) is 0 Å². The van der Waals surface area contributed by atoms with Gasteiger partial charge in [0.15, 0.2) is 5.78 Å². The van der Waals surface area contributed by atoms with Gasteiger partial charge in [-0.1, -0.05) is 35.9 Å². The molecular weight excluding hydrogens is 439 g/mol. The fourth-order valence-electron chi connectivity index (χ4n) is 3.24. The number of thiophene rings is 1. The number of halogens is 4. The van der Waals surface area contributed by atoms with Crippen molar-refractivity contribution in [1.29, 1.82) is 0 Å². The number of alkyl halides is 3. The first-order valence-electron chi connectivity index (χ1n) is 8.52. The van der Waals surface area contributed by atoms with Crippen LogP contribution in [0, 0.1) is 0 Å². The number of carbonyl (C=O) groups is 2. The molecule has 1 N–H and O–H groups in total. The molecule has 2 aromatic heterocycles. The maximum Gasteiger partial charge on any atom is 0.417 e. The van der Waals surface area contributed by atoms with Gasteiger partial charge in [0, 0.05) is 17.1 Å². The topological polar surface area (TPSA) is 59.3 Å². The average Bonchev–Trinajstić information content (AvgIpc) is 3.31. The monoisotopic (exact) mass is 449 g/mol. The molecule has 0 aliphatic rings. The van der Waals surface area contributed by atoms with Crippen molar-refractivity contribution in [3.05, 3.63) is 87.4 Å². The normalized spacial score (nSPS) is 11.7. The summed E-state index contributed by atoms with van der Waals surface area (Å²) in [5.41, 5.74) is -1.14. The Kier molecular flexibility index (Phi) is 4.91. The second-order valence-corrected chi connectivity index (χ2v) is 7.83. The molecule has 0 bridgehead atoms. The Morgan fingerprint density at radius 3 is 2.40 bits per heavy atom. The van der Waals surface area contributed by atoms with Gasteiger partial charge >= 0.3 is 12.1 Å². The number of benzene rings is 2. The SMILES string of the molecule is O=C(O)c1ccc(-n2cc(C(=O)c3c(Cl)cccc3C(F)(F)F)c3ccccc32)s1. The second-order valence-electron chi connectivity index (χ2n) is 6.36. The van der Waals surface area contributed by atoms with Crippen LogP contribution in [0.2, 0.25) is 5.02 Å². The first kappa shape index (κ1) is 20.2. The van der Waals surface area contributed by atoms with Crippen molar-refractivity contribution < 1.29 is 27.9 Å². The summed E-state index contributed by atoms with van der Waals surface area (Å²) >= 11 is 6.99. The van der Waals surface area contributed by atoms with E-state index in [1.807, 2.05) is 0 Å². The molecule has 30 heavy (non-hydrogen) atoms. The minimum absolute atomic E-state index is 0.0366. The highest BCUT2D eigenvalue weighted by atomic mass is 35.5. The van der Waals surface area contributed by atoms with E-state index in [1.165, 1.54) is 18.3 Å². The van der Waals surface area contributed by atoms with E-state index in [0.717, 1.165) is 23.5 Å². The van der Waals surface area contributed by atoms with Crippen molar-refractivity contribution in [2.75, 3.05) is 0 Å². The molecule has 0 atom stereocenters. The smallest absolute Gasteiger partial charge is 0.417 e. The third-order valence-electron chi connectivity index (χ3n) is 4.54. The third kappa shape index (κ3) is 3.38. The van der Waals surface area contributed by atoms with Gasteiger partial charge in [-0.3, -0.25) is 4.79 Å². The number of aromatic nitrogens is 1. The first-order chi connectivity index (χ1) is 14.2. The molecule has 2 heterocycles. The van der Waals surface area contributed by atoms with Crippen LogP contribution in [0.1, 0.15) is 31.2 Å².